The molecular weight excluding hydrogens is 422 g/mol. The van der Waals surface area contributed by atoms with Crippen molar-refractivity contribution in [3.05, 3.63) is 63.7 Å². The molecule has 0 aliphatic carbocycles. The Morgan fingerprint density at radius 2 is 1.79 bits per heavy atom. The molecule has 29 heavy (non-hydrogen) atoms. The molecule has 0 N–H and O–H groups in total. The van der Waals surface area contributed by atoms with Gasteiger partial charge in [0.15, 0.2) is 6.61 Å². The molecule has 1 amide bonds. The molecule has 2 aromatic rings. The quantitative estimate of drug-likeness (QED) is 0.504. The Kier molecular flexibility index (Phi) is 6.36. The van der Waals surface area contributed by atoms with E-state index < -0.39 is 14.9 Å². The second-order valence-electron chi connectivity index (χ2n) is 6.29. The number of non-ortho nitro benzene ring substituents is 1. The third-order valence-corrected chi connectivity index (χ3v) is 6.55. The van der Waals surface area contributed by atoms with Crippen molar-refractivity contribution in [3.63, 3.8) is 0 Å². The van der Waals surface area contributed by atoms with E-state index in [0.29, 0.717) is 10.8 Å². The summed E-state index contributed by atoms with van der Waals surface area (Å²) in [6.45, 7) is 0.400. The van der Waals surface area contributed by atoms with Gasteiger partial charge in [-0.1, -0.05) is 23.7 Å². The number of carbonyl (C=O) groups is 1. The van der Waals surface area contributed by atoms with Gasteiger partial charge in [-0.05, 0) is 24.3 Å². The van der Waals surface area contributed by atoms with Crippen molar-refractivity contribution >= 4 is 33.2 Å². The number of rotatable bonds is 6. The predicted molar refractivity (Wildman–Crippen MR) is 105 cm³/mol. The maximum Gasteiger partial charge on any atom is 0.270 e. The molecule has 1 heterocycles. The summed E-state index contributed by atoms with van der Waals surface area (Å²) in [6.07, 6.45) is 0. The average molecular weight is 440 g/mol. The monoisotopic (exact) mass is 439 g/mol. The summed E-state index contributed by atoms with van der Waals surface area (Å²) in [6, 6.07) is 11.6. The van der Waals surface area contributed by atoms with Crippen LogP contribution in [0, 0.1) is 10.1 Å². The minimum Gasteiger partial charge on any atom is -0.484 e. The van der Waals surface area contributed by atoms with Crippen molar-refractivity contribution in [3.8, 4) is 5.75 Å². The van der Waals surface area contributed by atoms with Crippen molar-refractivity contribution in [1.29, 1.82) is 0 Å². The molecule has 1 fully saturated rings. The molecule has 0 spiro atoms. The lowest BCUT2D eigenvalue weighted by Crippen LogP contribution is -2.51. The molecule has 0 saturated carbocycles. The number of nitro benzene ring substituents is 1. The second kappa shape index (κ2) is 8.76. The van der Waals surface area contributed by atoms with Crippen molar-refractivity contribution in [2.24, 2.45) is 0 Å². The highest BCUT2D eigenvalue weighted by Crippen LogP contribution is 2.22. The van der Waals surface area contributed by atoms with E-state index in [2.05, 4.69) is 0 Å². The molecule has 2 aromatic carbocycles. The molecule has 1 aliphatic rings. The number of piperazine rings is 1. The van der Waals surface area contributed by atoms with Gasteiger partial charge in [-0.3, -0.25) is 14.9 Å². The summed E-state index contributed by atoms with van der Waals surface area (Å²) >= 11 is 5.87. The van der Waals surface area contributed by atoms with Gasteiger partial charge in [0.1, 0.15) is 5.75 Å². The molecular formula is C18H18ClN3O6S. The molecule has 9 nitrogen and oxygen atoms in total. The van der Waals surface area contributed by atoms with Gasteiger partial charge in [-0.15, -0.1) is 0 Å². The highest BCUT2D eigenvalue weighted by Gasteiger charge is 2.31. The summed E-state index contributed by atoms with van der Waals surface area (Å²) in [5, 5.41) is 11.4. The minimum absolute atomic E-state index is 0.0912. The third kappa shape index (κ3) is 5.03. The Morgan fingerprint density at radius 1 is 1.10 bits per heavy atom. The van der Waals surface area contributed by atoms with Crippen LogP contribution in [0.4, 0.5) is 5.69 Å². The summed E-state index contributed by atoms with van der Waals surface area (Å²) in [5.41, 5.74) is -0.293. The Bertz CT molecular complexity index is 1020. The van der Waals surface area contributed by atoms with Crippen LogP contribution < -0.4 is 4.74 Å². The van der Waals surface area contributed by atoms with E-state index in [-0.39, 0.29) is 49.3 Å². The van der Waals surface area contributed by atoms with E-state index in [1.807, 2.05) is 0 Å². The van der Waals surface area contributed by atoms with Gasteiger partial charge in [0, 0.05) is 43.3 Å². The SMILES string of the molecule is O=C(COc1cccc(Cl)c1)N1CCN(S(=O)(=O)c2cccc([N+](=O)[O-])c2)CC1. The fourth-order valence-corrected chi connectivity index (χ4v) is 4.52. The average Bonchev–Trinajstić information content (AvgIpc) is 2.72. The molecule has 0 bridgehead atoms. The van der Waals surface area contributed by atoms with Gasteiger partial charge in [-0.2, -0.15) is 4.31 Å². The van der Waals surface area contributed by atoms with E-state index in [9.17, 15) is 23.3 Å². The molecule has 0 aromatic heterocycles. The number of nitrogens with zero attached hydrogens (tertiary/aromatic N) is 3. The van der Waals surface area contributed by atoms with Crippen LogP contribution in [0.5, 0.6) is 5.75 Å². The highest BCUT2D eigenvalue weighted by atomic mass is 35.5. The predicted octanol–water partition coefficient (Wildman–Crippen LogP) is 2.16. The van der Waals surface area contributed by atoms with E-state index in [1.165, 1.54) is 27.4 Å². The second-order valence-corrected chi connectivity index (χ2v) is 8.66. The zero-order valence-corrected chi connectivity index (χ0v) is 16.8. The maximum absolute atomic E-state index is 12.7. The van der Waals surface area contributed by atoms with E-state index in [4.69, 9.17) is 16.3 Å². The first-order valence-corrected chi connectivity index (χ1v) is 10.5. The van der Waals surface area contributed by atoms with Gasteiger partial charge in [0.25, 0.3) is 11.6 Å². The molecule has 11 heteroatoms. The van der Waals surface area contributed by atoms with Crippen LogP contribution in [-0.2, 0) is 14.8 Å². The van der Waals surface area contributed by atoms with Gasteiger partial charge in [0.05, 0.1) is 9.82 Å². The largest absolute Gasteiger partial charge is 0.484 e. The van der Waals surface area contributed by atoms with Crippen LogP contribution in [0.15, 0.2) is 53.4 Å². The summed E-state index contributed by atoms with van der Waals surface area (Å²) in [7, 11) is -3.88. The molecule has 1 aliphatic heterocycles. The zero-order chi connectivity index (χ0) is 21.0. The Balaban J connectivity index is 1.58. The maximum atomic E-state index is 12.7. The zero-order valence-electron chi connectivity index (χ0n) is 15.2. The number of carbonyl (C=O) groups excluding carboxylic acids is 1. The Morgan fingerprint density at radius 3 is 2.45 bits per heavy atom. The highest BCUT2D eigenvalue weighted by molar-refractivity contribution is 7.89. The van der Waals surface area contributed by atoms with Crippen LogP contribution in [0.25, 0.3) is 0 Å². The summed E-state index contributed by atoms with van der Waals surface area (Å²) in [4.78, 5) is 23.9. The van der Waals surface area contributed by atoms with Crippen molar-refractivity contribution < 1.29 is 22.9 Å². The summed E-state index contributed by atoms with van der Waals surface area (Å²) < 4.78 is 32.1. The number of benzene rings is 2. The van der Waals surface area contributed by atoms with E-state index >= 15 is 0 Å². The molecule has 1 saturated heterocycles. The molecule has 3 rings (SSSR count). The first-order chi connectivity index (χ1) is 13.8. The fourth-order valence-electron chi connectivity index (χ4n) is 2.88. The normalized spacial score (nSPS) is 15.1. The van der Waals surface area contributed by atoms with Crippen molar-refractivity contribution in [1.82, 2.24) is 9.21 Å². The van der Waals surface area contributed by atoms with Gasteiger partial charge >= 0.3 is 0 Å². The van der Waals surface area contributed by atoms with Crippen LogP contribution >= 0.6 is 11.6 Å². The van der Waals surface area contributed by atoms with Crippen molar-refractivity contribution in [2.45, 2.75) is 4.90 Å². The number of halogens is 1. The Hall–Kier alpha value is -2.69. The first-order valence-electron chi connectivity index (χ1n) is 8.68. The smallest absolute Gasteiger partial charge is 0.270 e. The Labute approximate surface area is 172 Å². The summed E-state index contributed by atoms with van der Waals surface area (Å²) in [5.74, 6) is 0.204. The van der Waals surface area contributed by atoms with Crippen LogP contribution in [-0.4, -0.2) is 61.2 Å². The first kappa shape index (κ1) is 21.0. The number of ether oxygens (including phenoxy) is 1. The number of hydrogen-bond acceptors (Lipinski definition) is 6. The fraction of sp³-hybridized carbons (Fsp3) is 0.278. The van der Waals surface area contributed by atoms with Crippen LogP contribution in [0.3, 0.4) is 0 Å². The number of nitro groups is 1. The lowest BCUT2D eigenvalue weighted by molar-refractivity contribution is -0.385. The van der Waals surface area contributed by atoms with Crippen LogP contribution in [0.1, 0.15) is 0 Å². The standard InChI is InChI=1S/C18H18ClN3O6S/c19-14-3-1-5-16(11-14)28-13-18(23)20-7-9-21(10-8-20)29(26,27)17-6-2-4-15(12-17)22(24)25/h1-6,11-12H,7-10,13H2. The van der Waals surface area contributed by atoms with Gasteiger partial charge in [0.2, 0.25) is 10.0 Å². The molecule has 0 radical (unpaired) electrons. The lowest BCUT2D eigenvalue weighted by atomic mass is 10.3. The molecule has 0 atom stereocenters. The van der Waals surface area contributed by atoms with Gasteiger partial charge in [-0.25, -0.2) is 8.42 Å². The third-order valence-electron chi connectivity index (χ3n) is 4.42. The number of sulfonamides is 1. The molecule has 0 unspecified atom stereocenters. The topological polar surface area (TPSA) is 110 Å². The van der Waals surface area contributed by atoms with Crippen molar-refractivity contribution in [2.75, 3.05) is 32.8 Å². The number of hydrogen-bond donors (Lipinski definition) is 0. The van der Waals surface area contributed by atoms with E-state index in [0.717, 1.165) is 6.07 Å². The lowest BCUT2D eigenvalue weighted by Gasteiger charge is -2.33. The van der Waals surface area contributed by atoms with Crippen LogP contribution in [0.2, 0.25) is 5.02 Å². The molecule has 154 valence electrons. The van der Waals surface area contributed by atoms with E-state index in [1.54, 1.807) is 24.3 Å². The minimum atomic E-state index is -3.88. The number of amides is 1. The van der Waals surface area contributed by atoms with Gasteiger partial charge < -0.3 is 9.64 Å².